The van der Waals surface area contributed by atoms with Crippen LogP contribution in [0.25, 0.3) is 96.6 Å². The molecule has 0 saturated heterocycles. The number of hydrogen-bond acceptors (Lipinski definition) is 2. The zero-order chi connectivity index (χ0) is 32.5. The summed E-state index contributed by atoms with van der Waals surface area (Å²) in [6.07, 6.45) is 0. The third-order valence-corrected chi connectivity index (χ3v) is 11.2. The first-order chi connectivity index (χ1) is 24.3. The summed E-state index contributed by atoms with van der Waals surface area (Å²) < 4.78 is 2.52. The van der Waals surface area contributed by atoms with Gasteiger partial charge in [0.2, 0.25) is 0 Å². The SMILES string of the molecule is N#Cc1c2ccccc2c(-c2cccc3sc4cccc(-c5c6ccccc6c(-c6ccccc6)c6ccccc56)c4c23)c2ccccc12. The van der Waals surface area contributed by atoms with Crippen molar-refractivity contribution in [1.82, 2.24) is 0 Å². The second kappa shape index (κ2) is 10.9. The summed E-state index contributed by atoms with van der Waals surface area (Å²) in [4.78, 5) is 0. The van der Waals surface area contributed by atoms with Gasteiger partial charge in [0.25, 0.3) is 0 Å². The van der Waals surface area contributed by atoms with Gasteiger partial charge >= 0.3 is 0 Å². The molecule has 0 bridgehead atoms. The van der Waals surface area contributed by atoms with Gasteiger partial charge < -0.3 is 0 Å². The topological polar surface area (TPSA) is 23.8 Å². The Labute approximate surface area is 287 Å². The number of rotatable bonds is 3. The molecular weight excluding hydrogens is 611 g/mol. The largest absolute Gasteiger partial charge is 0.192 e. The van der Waals surface area contributed by atoms with E-state index in [0.717, 1.165) is 27.1 Å². The highest BCUT2D eigenvalue weighted by Gasteiger charge is 2.23. The molecule has 0 spiro atoms. The monoisotopic (exact) mass is 637 g/mol. The van der Waals surface area contributed by atoms with E-state index in [-0.39, 0.29) is 0 Å². The number of benzene rings is 9. The summed E-state index contributed by atoms with van der Waals surface area (Å²) in [5.41, 5.74) is 8.11. The lowest BCUT2D eigenvalue weighted by molar-refractivity contribution is 1.52. The highest BCUT2D eigenvalue weighted by atomic mass is 32.1. The molecule has 0 radical (unpaired) electrons. The van der Waals surface area contributed by atoms with Crippen LogP contribution in [0.5, 0.6) is 0 Å². The number of hydrogen-bond donors (Lipinski definition) is 0. The van der Waals surface area contributed by atoms with Gasteiger partial charge in [-0.2, -0.15) is 5.26 Å². The number of nitriles is 1. The zero-order valence-corrected chi connectivity index (χ0v) is 27.3. The molecule has 2 heteroatoms. The van der Waals surface area contributed by atoms with E-state index in [1.807, 2.05) is 23.5 Å². The third-order valence-electron chi connectivity index (χ3n) is 10.1. The molecule has 1 heterocycles. The summed E-state index contributed by atoms with van der Waals surface area (Å²) in [7, 11) is 0. The molecule has 0 saturated carbocycles. The average molecular weight is 638 g/mol. The molecule has 0 aliphatic carbocycles. The molecule has 226 valence electrons. The predicted octanol–water partition coefficient (Wildman–Crippen LogP) is 13.5. The van der Waals surface area contributed by atoms with Crippen LogP contribution in [-0.2, 0) is 0 Å². The van der Waals surface area contributed by atoms with Gasteiger partial charge in [-0.15, -0.1) is 11.3 Å². The quantitative estimate of drug-likeness (QED) is 0.177. The molecule has 0 amide bonds. The van der Waals surface area contributed by atoms with Crippen LogP contribution in [0.3, 0.4) is 0 Å². The molecule has 0 unspecified atom stereocenters. The van der Waals surface area contributed by atoms with Crippen molar-refractivity contribution in [3.05, 3.63) is 169 Å². The minimum absolute atomic E-state index is 0.731. The number of fused-ring (bicyclic) bond motifs is 7. The van der Waals surface area contributed by atoms with E-state index in [9.17, 15) is 5.26 Å². The second-order valence-corrected chi connectivity index (χ2v) is 13.7. The molecule has 0 N–H and O–H groups in total. The van der Waals surface area contributed by atoms with Crippen molar-refractivity contribution in [3.8, 4) is 39.4 Å². The Morgan fingerprint density at radius 3 is 1.14 bits per heavy atom. The third kappa shape index (κ3) is 4.04. The average Bonchev–Trinajstić information content (AvgIpc) is 3.56. The maximum Gasteiger partial charge on any atom is 0.100 e. The maximum atomic E-state index is 10.4. The normalized spacial score (nSPS) is 11.7. The van der Waals surface area contributed by atoms with Gasteiger partial charge in [0.1, 0.15) is 6.07 Å². The van der Waals surface area contributed by atoms with E-state index >= 15 is 0 Å². The minimum atomic E-state index is 0.731. The highest BCUT2D eigenvalue weighted by molar-refractivity contribution is 7.26. The fourth-order valence-corrected chi connectivity index (χ4v) is 9.31. The van der Waals surface area contributed by atoms with Crippen molar-refractivity contribution in [2.45, 2.75) is 0 Å². The zero-order valence-electron chi connectivity index (χ0n) is 26.4. The Morgan fingerprint density at radius 2 is 0.714 bits per heavy atom. The first-order valence-electron chi connectivity index (χ1n) is 16.6. The molecule has 9 aromatic carbocycles. The Hall–Kier alpha value is -6.27. The smallest absolute Gasteiger partial charge is 0.100 e. The summed E-state index contributed by atoms with van der Waals surface area (Å²) in [5, 5.41) is 22.1. The summed E-state index contributed by atoms with van der Waals surface area (Å²) >= 11 is 1.86. The van der Waals surface area contributed by atoms with Crippen LogP contribution in [0.15, 0.2) is 164 Å². The van der Waals surface area contributed by atoms with Gasteiger partial charge in [0, 0.05) is 30.9 Å². The van der Waals surface area contributed by atoms with Crippen molar-refractivity contribution in [3.63, 3.8) is 0 Å². The van der Waals surface area contributed by atoms with Crippen molar-refractivity contribution in [1.29, 1.82) is 5.26 Å². The van der Waals surface area contributed by atoms with E-state index in [4.69, 9.17) is 0 Å². The van der Waals surface area contributed by atoms with Gasteiger partial charge in [-0.25, -0.2) is 0 Å². The Morgan fingerprint density at radius 1 is 0.347 bits per heavy atom. The van der Waals surface area contributed by atoms with Crippen molar-refractivity contribution >= 4 is 74.6 Å². The Kier molecular flexibility index (Phi) is 6.18. The van der Waals surface area contributed by atoms with Gasteiger partial charge in [-0.1, -0.05) is 152 Å². The Bertz CT molecular complexity index is 2880. The molecule has 0 fully saturated rings. The summed E-state index contributed by atoms with van der Waals surface area (Å²) in [5.74, 6) is 0. The lowest BCUT2D eigenvalue weighted by atomic mass is 9.84. The summed E-state index contributed by atoms with van der Waals surface area (Å²) in [6.45, 7) is 0. The molecule has 1 nitrogen and oxygen atoms in total. The van der Waals surface area contributed by atoms with Crippen LogP contribution in [0, 0.1) is 11.3 Å². The van der Waals surface area contributed by atoms with Gasteiger partial charge in [-0.05, 0) is 77.8 Å². The second-order valence-electron chi connectivity index (χ2n) is 12.6. The molecule has 0 atom stereocenters. The fraction of sp³-hybridized carbons (Fsp3) is 0. The number of nitrogens with zero attached hydrogens (tertiary/aromatic N) is 1. The van der Waals surface area contributed by atoms with Crippen LogP contribution in [0.2, 0.25) is 0 Å². The van der Waals surface area contributed by atoms with Crippen LogP contribution >= 0.6 is 11.3 Å². The number of thiophene rings is 1. The van der Waals surface area contributed by atoms with E-state index in [1.165, 1.54) is 75.1 Å². The van der Waals surface area contributed by atoms with E-state index in [0.29, 0.717) is 0 Å². The lowest BCUT2D eigenvalue weighted by Gasteiger charge is -2.19. The first-order valence-corrected chi connectivity index (χ1v) is 17.4. The Balaban J connectivity index is 1.39. The molecule has 0 aliphatic rings. The van der Waals surface area contributed by atoms with E-state index in [2.05, 4.69) is 158 Å². The van der Waals surface area contributed by atoms with Crippen molar-refractivity contribution in [2.24, 2.45) is 0 Å². The summed E-state index contributed by atoms with van der Waals surface area (Å²) in [6, 6.07) is 61.4. The predicted molar refractivity (Wildman–Crippen MR) is 210 cm³/mol. The van der Waals surface area contributed by atoms with E-state index in [1.54, 1.807) is 0 Å². The van der Waals surface area contributed by atoms with Crippen molar-refractivity contribution < 1.29 is 0 Å². The minimum Gasteiger partial charge on any atom is -0.192 e. The highest BCUT2D eigenvalue weighted by Crippen LogP contribution is 2.51. The molecule has 49 heavy (non-hydrogen) atoms. The fourth-order valence-electron chi connectivity index (χ4n) is 8.16. The van der Waals surface area contributed by atoms with Crippen LogP contribution in [0.4, 0.5) is 0 Å². The van der Waals surface area contributed by atoms with Crippen LogP contribution < -0.4 is 0 Å². The standard InChI is InChI=1S/C47H27NS/c48-28-40-30-16-4-6-18-32(30)44(33-19-7-5-17-31(33)40)38-24-12-26-41-46(38)47-39(25-13-27-42(47)49-41)45-36-22-10-8-20-34(36)43(29-14-2-1-3-15-29)35-21-9-11-23-37(35)45/h1-27H. The molecule has 1 aromatic heterocycles. The van der Waals surface area contributed by atoms with Crippen molar-refractivity contribution in [2.75, 3.05) is 0 Å². The van der Waals surface area contributed by atoms with E-state index < -0.39 is 0 Å². The van der Waals surface area contributed by atoms with Gasteiger partial charge in [0.15, 0.2) is 0 Å². The van der Waals surface area contributed by atoms with Gasteiger partial charge in [-0.3, -0.25) is 0 Å². The molecule has 10 aromatic rings. The molecule has 0 aliphatic heterocycles. The maximum absolute atomic E-state index is 10.4. The molecular formula is C47H27NS. The lowest BCUT2D eigenvalue weighted by Crippen LogP contribution is -1.92. The van der Waals surface area contributed by atoms with Crippen LogP contribution in [0.1, 0.15) is 5.56 Å². The van der Waals surface area contributed by atoms with Crippen LogP contribution in [-0.4, -0.2) is 0 Å². The first kappa shape index (κ1) is 27.8. The molecule has 10 rings (SSSR count). The van der Waals surface area contributed by atoms with Gasteiger partial charge in [0.05, 0.1) is 5.56 Å².